The van der Waals surface area contributed by atoms with E-state index in [2.05, 4.69) is 15.9 Å². The van der Waals surface area contributed by atoms with Crippen LogP contribution in [-0.2, 0) is 15.1 Å². The molecule has 2 amide bonds. The molecule has 1 heterocycles. The number of benzene rings is 3. The van der Waals surface area contributed by atoms with Crippen molar-refractivity contribution in [3.8, 4) is 0 Å². The molecule has 3 aliphatic carbocycles. The van der Waals surface area contributed by atoms with E-state index >= 15 is 0 Å². The first kappa shape index (κ1) is 18.4. The van der Waals surface area contributed by atoms with Gasteiger partial charge in [-0.3, -0.25) is 19.7 Å². The first-order valence-corrected chi connectivity index (χ1v) is 10.7. The van der Waals surface area contributed by atoms with E-state index in [4.69, 9.17) is 0 Å². The van der Waals surface area contributed by atoms with E-state index in [0.29, 0.717) is 21.3 Å². The number of imide groups is 1. The Morgan fingerprint density at radius 2 is 1.39 bits per heavy atom. The molecule has 6 nitrogen and oxygen atoms in total. The normalized spacial score (nSPS) is 27.6. The first-order chi connectivity index (χ1) is 15.0. The van der Waals surface area contributed by atoms with Crippen molar-refractivity contribution in [2.45, 2.75) is 11.5 Å². The predicted molar refractivity (Wildman–Crippen MR) is 116 cm³/mol. The van der Waals surface area contributed by atoms with Crippen LogP contribution in [0.3, 0.4) is 0 Å². The maximum atomic E-state index is 13.8. The maximum Gasteiger partial charge on any atom is 0.285 e. The molecule has 0 unspecified atom stereocenters. The zero-order valence-corrected chi connectivity index (χ0v) is 17.7. The number of carbonyl (C=O) groups excluding carboxylic acids is 2. The molecule has 0 radical (unpaired) electrons. The molecule has 1 saturated heterocycles. The fourth-order valence-electron chi connectivity index (χ4n) is 5.91. The summed E-state index contributed by atoms with van der Waals surface area (Å²) < 4.78 is 0.591. The Balaban J connectivity index is 1.69. The van der Waals surface area contributed by atoms with Gasteiger partial charge in [-0.2, -0.15) is 0 Å². The largest absolute Gasteiger partial charge is 0.285 e. The summed E-state index contributed by atoms with van der Waals surface area (Å²) in [7, 11) is 0. The van der Waals surface area contributed by atoms with Crippen LogP contribution in [0.15, 0.2) is 77.3 Å². The Kier molecular flexibility index (Phi) is 3.63. The van der Waals surface area contributed by atoms with Crippen molar-refractivity contribution in [2.24, 2.45) is 11.8 Å². The molecule has 7 rings (SSSR count). The van der Waals surface area contributed by atoms with Crippen LogP contribution in [-0.4, -0.2) is 16.7 Å². The third kappa shape index (κ3) is 2.02. The Morgan fingerprint density at radius 1 is 0.839 bits per heavy atom. The molecule has 2 atom stereocenters. The minimum atomic E-state index is -1.80. The fourth-order valence-corrected chi connectivity index (χ4v) is 6.37. The van der Waals surface area contributed by atoms with Crippen LogP contribution in [0, 0.1) is 22.0 Å². The Labute approximate surface area is 185 Å². The van der Waals surface area contributed by atoms with Crippen molar-refractivity contribution in [1.82, 2.24) is 0 Å². The van der Waals surface area contributed by atoms with Crippen LogP contribution in [0.1, 0.15) is 28.2 Å². The number of carbonyl (C=O) groups is 2. The topological polar surface area (TPSA) is 80.5 Å². The van der Waals surface area contributed by atoms with Gasteiger partial charge < -0.3 is 0 Å². The van der Waals surface area contributed by atoms with E-state index in [1.165, 1.54) is 0 Å². The van der Waals surface area contributed by atoms with Crippen LogP contribution in [0.4, 0.5) is 5.69 Å². The summed E-state index contributed by atoms with van der Waals surface area (Å²) in [5, 5.41) is 12.9. The minimum Gasteiger partial charge on any atom is -0.274 e. The number of anilines is 1. The molecule has 3 aromatic rings. The van der Waals surface area contributed by atoms with Gasteiger partial charge in [-0.1, -0.05) is 60.7 Å². The van der Waals surface area contributed by atoms with E-state index in [1.54, 1.807) is 48.5 Å². The molecule has 0 N–H and O–H groups in total. The van der Waals surface area contributed by atoms with Crippen LogP contribution in [0.5, 0.6) is 0 Å². The van der Waals surface area contributed by atoms with Crippen molar-refractivity contribution >= 4 is 33.4 Å². The molecular weight excluding hydrogens is 460 g/mol. The zero-order valence-electron chi connectivity index (χ0n) is 16.1. The van der Waals surface area contributed by atoms with Gasteiger partial charge in [0.1, 0.15) is 5.92 Å². The van der Waals surface area contributed by atoms with Crippen molar-refractivity contribution in [1.29, 1.82) is 0 Å². The molecule has 3 aromatic carbocycles. The number of amides is 2. The number of halogens is 1. The number of hydrogen-bond donors (Lipinski definition) is 0. The van der Waals surface area contributed by atoms with E-state index in [-0.39, 0.29) is 10.8 Å². The van der Waals surface area contributed by atoms with E-state index in [9.17, 15) is 19.7 Å². The smallest absolute Gasteiger partial charge is 0.274 e. The lowest BCUT2D eigenvalue weighted by atomic mass is 9.51. The fraction of sp³-hybridized carbons (Fsp3) is 0.167. The van der Waals surface area contributed by atoms with Gasteiger partial charge in [0.15, 0.2) is 0 Å². The highest BCUT2D eigenvalue weighted by atomic mass is 79.9. The molecule has 7 heteroatoms. The lowest BCUT2D eigenvalue weighted by Crippen LogP contribution is -2.57. The van der Waals surface area contributed by atoms with Gasteiger partial charge in [-0.15, -0.1) is 0 Å². The second-order valence-corrected chi connectivity index (χ2v) is 9.00. The van der Waals surface area contributed by atoms with Crippen molar-refractivity contribution in [2.75, 3.05) is 4.90 Å². The molecule has 2 bridgehead atoms. The average molecular weight is 475 g/mol. The van der Waals surface area contributed by atoms with Crippen molar-refractivity contribution < 1.29 is 14.5 Å². The number of rotatable bonds is 2. The van der Waals surface area contributed by atoms with E-state index in [0.717, 1.165) is 16.0 Å². The summed E-state index contributed by atoms with van der Waals surface area (Å²) in [4.78, 5) is 41.2. The summed E-state index contributed by atoms with van der Waals surface area (Å²) in [6.07, 6.45) is 0. The van der Waals surface area contributed by atoms with Crippen LogP contribution < -0.4 is 4.90 Å². The number of nitro groups is 1. The molecular formula is C24H15BrN2O4. The van der Waals surface area contributed by atoms with Gasteiger partial charge >= 0.3 is 0 Å². The molecule has 0 saturated carbocycles. The molecule has 31 heavy (non-hydrogen) atoms. The lowest BCUT2D eigenvalue weighted by molar-refractivity contribution is -0.578. The second-order valence-electron chi connectivity index (χ2n) is 8.14. The summed E-state index contributed by atoms with van der Waals surface area (Å²) >= 11 is 3.43. The van der Waals surface area contributed by atoms with Crippen LogP contribution in [0.2, 0.25) is 0 Å². The molecule has 1 aliphatic heterocycles. The van der Waals surface area contributed by atoms with E-state index < -0.39 is 29.2 Å². The SMILES string of the molecule is O=C1[C@H]2C3c4ccccc4C([N+](=O)[O-])(c4ccccc43)[C@H]2C(=O)N1c1ccccc1Br. The second kappa shape index (κ2) is 6.11. The third-order valence-electron chi connectivity index (χ3n) is 6.95. The van der Waals surface area contributed by atoms with Gasteiger partial charge in [0.2, 0.25) is 11.8 Å². The predicted octanol–water partition coefficient (Wildman–Crippen LogP) is 4.23. The highest BCUT2D eigenvalue weighted by molar-refractivity contribution is 9.10. The van der Waals surface area contributed by atoms with E-state index in [1.807, 2.05) is 24.3 Å². The molecule has 1 fully saturated rings. The van der Waals surface area contributed by atoms with Crippen molar-refractivity contribution in [3.63, 3.8) is 0 Å². The summed E-state index contributed by atoms with van der Waals surface area (Å²) in [6.45, 7) is 0. The maximum absolute atomic E-state index is 13.8. The molecule has 0 spiro atoms. The van der Waals surface area contributed by atoms with Crippen LogP contribution >= 0.6 is 15.9 Å². The first-order valence-electron chi connectivity index (χ1n) is 9.95. The molecule has 4 aliphatic rings. The summed E-state index contributed by atoms with van der Waals surface area (Å²) in [5.41, 5.74) is 1.16. The standard InChI is InChI=1S/C24H15BrN2O4/c25-17-11-5-6-12-18(17)26-22(28)20-19-13-7-1-3-9-15(13)24(27(30)31,21(20)23(26)29)16-10-4-2-8-14(16)19/h1-12,19-21H/t19?,20-,21+,24?/m0/s1. The van der Waals surface area contributed by atoms with Gasteiger partial charge in [0.25, 0.3) is 5.54 Å². The summed E-state index contributed by atoms with van der Waals surface area (Å²) in [6, 6.07) is 21.3. The number of nitrogens with zero attached hydrogens (tertiary/aromatic N) is 2. The van der Waals surface area contributed by atoms with Gasteiger partial charge in [0, 0.05) is 26.4 Å². The minimum absolute atomic E-state index is 0.355. The van der Waals surface area contributed by atoms with Gasteiger partial charge in [0.05, 0.1) is 11.6 Å². The Morgan fingerprint density at radius 3 is 1.97 bits per heavy atom. The van der Waals surface area contributed by atoms with Crippen LogP contribution in [0.25, 0.3) is 0 Å². The monoisotopic (exact) mass is 474 g/mol. The lowest BCUT2D eigenvalue weighted by Gasteiger charge is -2.48. The zero-order chi connectivity index (χ0) is 21.5. The molecule has 0 aromatic heterocycles. The third-order valence-corrected chi connectivity index (χ3v) is 7.63. The average Bonchev–Trinajstić information content (AvgIpc) is 3.05. The highest BCUT2D eigenvalue weighted by Crippen LogP contribution is 2.64. The Bertz CT molecular complexity index is 1270. The van der Waals surface area contributed by atoms with Crippen molar-refractivity contribution in [3.05, 3.63) is 110 Å². The number of hydrogen-bond acceptors (Lipinski definition) is 4. The van der Waals surface area contributed by atoms with Gasteiger partial charge in [-0.25, -0.2) is 4.90 Å². The highest BCUT2D eigenvalue weighted by Gasteiger charge is 2.74. The van der Waals surface area contributed by atoms with Gasteiger partial charge in [-0.05, 0) is 39.2 Å². The summed E-state index contributed by atoms with van der Waals surface area (Å²) in [5.74, 6) is -3.23. The quantitative estimate of drug-likeness (QED) is 0.316. The molecule has 152 valence electrons. The number of para-hydroxylation sites is 1. The Hall–Kier alpha value is -3.32.